The van der Waals surface area contributed by atoms with E-state index in [9.17, 15) is 14.4 Å². The first-order chi connectivity index (χ1) is 44.6. The van der Waals surface area contributed by atoms with Crippen molar-refractivity contribution < 1.29 is 42.8 Å². The number of hydrogen-bond acceptors (Lipinski definition) is 9. The van der Waals surface area contributed by atoms with Crippen LogP contribution in [0.3, 0.4) is 0 Å². The molecule has 0 saturated carbocycles. The fourth-order valence-corrected chi connectivity index (χ4v) is 11.6. The molecule has 2 atom stereocenters. The van der Waals surface area contributed by atoms with E-state index in [-0.39, 0.29) is 0 Å². The number of amides is 3. The molecule has 2 rings (SSSR count). The highest BCUT2D eigenvalue weighted by molar-refractivity contribution is 6.01. The predicted octanol–water partition coefficient (Wildman–Crippen LogP) is 23.1. The molecule has 91 heavy (non-hydrogen) atoms. The van der Waals surface area contributed by atoms with E-state index >= 15 is 0 Å². The maximum Gasteiger partial charge on any atom is 0.252 e. The quantitative estimate of drug-likeness (QED) is 0.0552. The van der Waals surface area contributed by atoms with Crippen molar-refractivity contribution in [1.29, 1.82) is 0 Å². The number of benzene rings is 2. The Bertz CT molecular complexity index is 1960. The predicted molar refractivity (Wildman–Crippen MR) is 385 cm³/mol. The van der Waals surface area contributed by atoms with E-state index in [1.54, 1.807) is 26.0 Å². The smallest absolute Gasteiger partial charge is 0.252 e. The number of hydrogen-bond donors (Lipinski definition) is 3. The van der Waals surface area contributed by atoms with Gasteiger partial charge in [0, 0.05) is 23.4 Å². The molecule has 0 aliphatic heterocycles. The molecule has 0 spiro atoms. The maximum atomic E-state index is 14.4. The molecule has 2 aromatic rings. The zero-order valence-corrected chi connectivity index (χ0v) is 60.3. The molecule has 12 heteroatoms. The number of anilines is 1. The van der Waals surface area contributed by atoms with Crippen molar-refractivity contribution in [2.24, 2.45) is 0 Å². The molecule has 0 bridgehead atoms. The summed E-state index contributed by atoms with van der Waals surface area (Å²) in [6, 6.07) is 5.22. The molecule has 3 amide bonds. The number of carbonyl (C=O) groups excluding carboxylic acids is 3. The number of rotatable bonds is 66. The van der Waals surface area contributed by atoms with Gasteiger partial charge in [-0.2, -0.15) is 0 Å². The van der Waals surface area contributed by atoms with Gasteiger partial charge in [-0.1, -0.05) is 311 Å². The minimum Gasteiger partial charge on any atom is -0.490 e. The second-order valence-corrected chi connectivity index (χ2v) is 26.5. The van der Waals surface area contributed by atoms with Crippen molar-refractivity contribution in [3.05, 3.63) is 29.8 Å². The third-order valence-corrected chi connectivity index (χ3v) is 17.6. The lowest BCUT2D eigenvalue weighted by Gasteiger charge is -2.21. The van der Waals surface area contributed by atoms with Gasteiger partial charge in [-0.25, -0.2) is 0 Å². The Morgan fingerprint density at radius 3 is 0.769 bits per heavy atom. The number of carbonyl (C=O) groups is 3. The fraction of sp³-hybridized carbons (Fsp3) is 0.810. The Kier molecular flexibility index (Phi) is 54.0. The Morgan fingerprint density at radius 2 is 0.505 bits per heavy atom. The average molecular weight is 1280 g/mol. The molecule has 0 aliphatic carbocycles. The molecule has 0 aliphatic rings. The fourth-order valence-electron chi connectivity index (χ4n) is 11.6. The van der Waals surface area contributed by atoms with Gasteiger partial charge in [-0.3, -0.25) is 14.4 Å². The Hall–Kier alpha value is -4.35. The lowest BCUT2D eigenvalue weighted by Crippen LogP contribution is -2.50. The molecule has 3 N–H and O–H groups in total. The van der Waals surface area contributed by atoms with Crippen LogP contribution in [-0.2, 0) is 9.59 Å². The molecule has 0 radical (unpaired) electrons. The van der Waals surface area contributed by atoms with Crippen LogP contribution < -0.4 is 44.4 Å². The van der Waals surface area contributed by atoms with Crippen molar-refractivity contribution in [3.63, 3.8) is 0 Å². The van der Waals surface area contributed by atoms with Gasteiger partial charge in [-0.15, -0.1) is 0 Å². The molecule has 12 nitrogen and oxygen atoms in total. The normalized spacial score (nSPS) is 12.0. The Morgan fingerprint density at radius 1 is 0.286 bits per heavy atom. The van der Waals surface area contributed by atoms with E-state index in [4.69, 9.17) is 28.4 Å². The minimum absolute atomic E-state index is 0.313. The second kappa shape index (κ2) is 59.4. The molecule has 0 aromatic heterocycles. The van der Waals surface area contributed by atoms with Crippen LogP contribution in [-0.4, -0.2) is 69.4 Å². The molecule has 0 heterocycles. The maximum absolute atomic E-state index is 14.4. The highest BCUT2D eigenvalue weighted by Crippen LogP contribution is 2.42. The lowest BCUT2D eigenvalue weighted by atomic mass is 10.1. The standard InChI is InChI=1S/C79H141N3O9/c1-9-15-21-27-33-39-45-51-57-86-71-63-69(64-72(87-58-52-46-40-34-28-22-16-10-2)75(71)90-61-55-49-43-37-31-25-19-13-5)79(85)81-67(7)77(83)80-68(8)78(84)82-70-65-73(88-59-53-47-41-35-29-23-17-11-3)76(91-62-56-50-44-38-32-26-20-14-6)74(66-70)89-60-54-48-42-36-30-24-18-12-4/h63-68H,9-62H2,1-8H3,(H,80,83)(H,81,85)(H,82,84)/t67-,68-/m0/s1. The molecular formula is C79H141N3O9. The van der Waals surface area contributed by atoms with E-state index < -0.39 is 29.8 Å². The van der Waals surface area contributed by atoms with Crippen LogP contribution in [0.15, 0.2) is 24.3 Å². The first-order valence-corrected chi connectivity index (χ1v) is 38.7. The summed E-state index contributed by atoms with van der Waals surface area (Å²) in [6.45, 7) is 19.9. The summed E-state index contributed by atoms with van der Waals surface area (Å²) in [4.78, 5) is 42.5. The third-order valence-electron chi connectivity index (χ3n) is 17.6. The summed E-state index contributed by atoms with van der Waals surface area (Å²) < 4.78 is 39.4. The first kappa shape index (κ1) is 82.7. The average Bonchev–Trinajstić information content (AvgIpc) is 1.58. The monoisotopic (exact) mass is 1280 g/mol. The van der Waals surface area contributed by atoms with E-state index in [1.807, 2.05) is 12.1 Å². The van der Waals surface area contributed by atoms with E-state index in [0.717, 1.165) is 89.9 Å². The molecule has 2 aromatic carbocycles. The summed E-state index contributed by atoms with van der Waals surface area (Å²) in [7, 11) is 0. The minimum atomic E-state index is -0.978. The summed E-state index contributed by atoms with van der Waals surface area (Å²) in [5, 5.41) is 8.86. The summed E-state index contributed by atoms with van der Waals surface area (Å²) in [5.74, 6) is 1.81. The zero-order chi connectivity index (χ0) is 65.9. The van der Waals surface area contributed by atoms with Gasteiger partial charge in [0.1, 0.15) is 12.1 Å². The largest absolute Gasteiger partial charge is 0.490 e. The van der Waals surface area contributed by atoms with Gasteiger partial charge >= 0.3 is 0 Å². The van der Waals surface area contributed by atoms with Gasteiger partial charge < -0.3 is 44.4 Å². The zero-order valence-electron chi connectivity index (χ0n) is 60.3. The lowest BCUT2D eigenvalue weighted by molar-refractivity contribution is -0.127. The van der Waals surface area contributed by atoms with Crippen LogP contribution in [0.1, 0.15) is 374 Å². The topological polar surface area (TPSA) is 143 Å². The molecule has 0 saturated heterocycles. The van der Waals surface area contributed by atoms with Crippen molar-refractivity contribution in [2.75, 3.05) is 45.0 Å². The highest BCUT2D eigenvalue weighted by Gasteiger charge is 2.26. The van der Waals surface area contributed by atoms with E-state index in [1.165, 1.54) is 218 Å². The number of ether oxygens (including phenoxy) is 6. The second-order valence-electron chi connectivity index (χ2n) is 26.5. The Balaban J connectivity index is 2.37. The molecule has 526 valence electrons. The highest BCUT2D eigenvalue weighted by atomic mass is 16.5. The molecule has 0 fully saturated rings. The van der Waals surface area contributed by atoms with Gasteiger partial charge in [0.2, 0.25) is 23.3 Å². The van der Waals surface area contributed by atoms with Crippen molar-refractivity contribution in [1.82, 2.24) is 10.6 Å². The first-order valence-electron chi connectivity index (χ1n) is 38.7. The van der Waals surface area contributed by atoms with Gasteiger partial charge in [0.25, 0.3) is 5.91 Å². The van der Waals surface area contributed by atoms with Crippen molar-refractivity contribution in [3.8, 4) is 34.5 Å². The van der Waals surface area contributed by atoms with Crippen LogP contribution >= 0.6 is 0 Å². The molecule has 0 unspecified atom stereocenters. The summed E-state index contributed by atoms with van der Waals surface area (Å²) in [6.07, 6.45) is 57.0. The van der Waals surface area contributed by atoms with Crippen LogP contribution in [0.5, 0.6) is 34.5 Å². The van der Waals surface area contributed by atoms with Crippen molar-refractivity contribution in [2.45, 2.75) is 376 Å². The summed E-state index contributed by atoms with van der Waals surface area (Å²) >= 11 is 0. The molecular weight excluding hydrogens is 1130 g/mol. The van der Waals surface area contributed by atoms with Crippen LogP contribution in [0.4, 0.5) is 5.69 Å². The van der Waals surface area contributed by atoms with Crippen LogP contribution in [0.2, 0.25) is 0 Å². The van der Waals surface area contributed by atoms with E-state index in [0.29, 0.717) is 85.4 Å². The van der Waals surface area contributed by atoms with Crippen LogP contribution in [0, 0.1) is 0 Å². The van der Waals surface area contributed by atoms with Crippen LogP contribution in [0.25, 0.3) is 0 Å². The third kappa shape index (κ3) is 43.3. The SMILES string of the molecule is CCCCCCCCCCOc1cc(NC(=O)[C@H](C)NC(=O)[C@H](C)NC(=O)c2cc(OCCCCCCCCCC)c(OCCCCCCCCCC)c(OCCCCCCCCCC)c2)cc(OCCCCCCCCCC)c1OCCCCCCCCCC. The number of nitrogens with one attached hydrogen (secondary N) is 3. The number of unbranched alkanes of at least 4 members (excludes halogenated alkanes) is 42. The van der Waals surface area contributed by atoms with Gasteiger partial charge in [-0.05, 0) is 64.5 Å². The van der Waals surface area contributed by atoms with Gasteiger partial charge in [0.05, 0.1) is 39.6 Å². The Labute approximate surface area is 559 Å². The van der Waals surface area contributed by atoms with E-state index in [2.05, 4.69) is 57.5 Å². The van der Waals surface area contributed by atoms with Crippen molar-refractivity contribution >= 4 is 23.4 Å². The summed E-state index contributed by atoms with van der Waals surface area (Å²) in [5.41, 5.74) is 0.808. The van der Waals surface area contributed by atoms with Gasteiger partial charge in [0.15, 0.2) is 23.0 Å².